The molecule has 3 aromatic heterocycles. The minimum atomic E-state index is -0.205. The van der Waals surface area contributed by atoms with Gasteiger partial charge in [-0.3, -0.25) is 14.0 Å². The van der Waals surface area contributed by atoms with Crippen LogP contribution >= 0.6 is 0 Å². The largest absolute Gasteiger partial charge is 0.382 e. The predicted octanol–water partition coefficient (Wildman–Crippen LogP) is 4.76. The van der Waals surface area contributed by atoms with Crippen LogP contribution in [0.1, 0.15) is 78.5 Å². The summed E-state index contributed by atoms with van der Waals surface area (Å²) in [4.78, 5) is 41.2. The Bertz CT molecular complexity index is 1570. The fourth-order valence-electron chi connectivity index (χ4n) is 6.33. The molecule has 5 heterocycles. The average molecular weight is 522 g/mol. The second kappa shape index (κ2) is 9.48. The van der Waals surface area contributed by atoms with Gasteiger partial charge in [0.25, 0.3) is 5.91 Å². The molecule has 0 spiro atoms. The van der Waals surface area contributed by atoms with Crippen molar-refractivity contribution in [3.63, 3.8) is 0 Å². The first-order valence-corrected chi connectivity index (χ1v) is 13.8. The van der Waals surface area contributed by atoms with E-state index in [1.807, 2.05) is 39.8 Å². The number of amides is 2. The fourth-order valence-corrected chi connectivity index (χ4v) is 6.33. The van der Waals surface area contributed by atoms with Gasteiger partial charge in [0.2, 0.25) is 5.91 Å². The zero-order valence-electron chi connectivity index (χ0n) is 21.7. The number of rotatable bonds is 5. The number of nitrogen functional groups attached to an aromatic ring is 1. The van der Waals surface area contributed by atoms with Crippen LogP contribution < -0.4 is 11.1 Å². The zero-order valence-corrected chi connectivity index (χ0v) is 21.7. The summed E-state index contributed by atoms with van der Waals surface area (Å²) in [5.41, 5.74) is 10.4. The maximum absolute atomic E-state index is 13.0. The topological polar surface area (TPSA) is 119 Å². The molecule has 0 bridgehead atoms. The second-order valence-electron chi connectivity index (χ2n) is 11.0. The average Bonchev–Trinajstić information content (AvgIpc) is 3.49. The lowest BCUT2D eigenvalue weighted by Crippen LogP contribution is -2.41. The molecule has 3 N–H and O–H groups in total. The minimum absolute atomic E-state index is 0.125. The Morgan fingerprint density at radius 3 is 2.62 bits per heavy atom. The number of carbonyl (C=O) groups excluding carboxylic acids is 2. The molecule has 4 aromatic rings. The number of hydrogen-bond donors (Lipinski definition) is 2. The molecule has 9 nitrogen and oxygen atoms in total. The first-order valence-electron chi connectivity index (χ1n) is 13.8. The quantitative estimate of drug-likeness (QED) is 0.391. The van der Waals surface area contributed by atoms with Crippen LogP contribution in [0.3, 0.4) is 0 Å². The molecule has 2 aliphatic heterocycles. The van der Waals surface area contributed by atoms with E-state index in [4.69, 9.17) is 10.7 Å². The van der Waals surface area contributed by atoms with Gasteiger partial charge in [-0.15, -0.1) is 0 Å². The lowest BCUT2D eigenvalue weighted by atomic mass is 9.80. The van der Waals surface area contributed by atoms with Gasteiger partial charge < -0.3 is 16.0 Å². The van der Waals surface area contributed by atoms with Gasteiger partial charge in [-0.2, -0.15) is 0 Å². The van der Waals surface area contributed by atoms with Gasteiger partial charge in [0.15, 0.2) is 0 Å². The van der Waals surface area contributed by atoms with Gasteiger partial charge in [0.1, 0.15) is 28.7 Å². The predicted molar refractivity (Wildman–Crippen MR) is 148 cm³/mol. The Kier molecular flexibility index (Phi) is 5.79. The Labute approximate surface area is 226 Å². The fraction of sp³-hybridized carbons (Fsp3) is 0.367. The van der Waals surface area contributed by atoms with Crippen molar-refractivity contribution in [3.8, 4) is 11.3 Å². The maximum Gasteiger partial charge on any atom is 0.256 e. The van der Waals surface area contributed by atoms with E-state index in [0.29, 0.717) is 42.1 Å². The van der Waals surface area contributed by atoms with E-state index in [9.17, 15) is 9.59 Å². The number of piperidine rings is 1. The summed E-state index contributed by atoms with van der Waals surface area (Å²) in [6, 6.07) is 11.8. The van der Waals surface area contributed by atoms with Crippen molar-refractivity contribution in [2.75, 3.05) is 17.6 Å². The molecule has 9 heteroatoms. The van der Waals surface area contributed by atoms with Crippen molar-refractivity contribution >= 4 is 29.0 Å². The van der Waals surface area contributed by atoms with Gasteiger partial charge >= 0.3 is 0 Å². The van der Waals surface area contributed by atoms with Crippen LogP contribution in [0.5, 0.6) is 0 Å². The summed E-state index contributed by atoms with van der Waals surface area (Å²) in [5, 5.41) is 2.94. The summed E-state index contributed by atoms with van der Waals surface area (Å²) in [7, 11) is 0. The van der Waals surface area contributed by atoms with E-state index in [1.54, 1.807) is 24.5 Å². The summed E-state index contributed by atoms with van der Waals surface area (Å²) >= 11 is 0. The maximum atomic E-state index is 13.0. The number of benzene rings is 1. The SMILES string of the molecule is Nc1nccn2c(C3CCC4CCC(=O)N4C3)nc(-c3ccc(C(=O)Nc4cc(C5CCC5)ccn4)cc3)c12. The van der Waals surface area contributed by atoms with E-state index in [2.05, 4.69) is 15.3 Å². The molecule has 1 saturated carbocycles. The first-order chi connectivity index (χ1) is 19.0. The van der Waals surface area contributed by atoms with Crippen molar-refractivity contribution in [2.45, 2.75) is 62.8 Å². The van der Waals surface area contributed by atoms with Gasteiger partial charge in [-0.25, -0.2) is 15.0 Å². The highest BCUT2D eigenvalue weighted by Gasteiger charge is 2.38. The van der Waals surface area contributed by atoms with Crippen LogP contribution in [0.2, 0.25) is 0 Å². The van der Waals surface area contributed by atoms with Crippen LogP contribution in [0.4, 0.5) is 11.6 Å². The molecule has 1 aliphatic carbocycles. The summed E-state index contributed by atoms with van der Waals surface area (Å²) in [6.07, 6.45) is 12.6. The Hall–Kier alpha value is -4.27. The first kappa shape index (κ1) is 23.8. The third-order valence-electron chi connectivity index (χ3n) is 8.72. The standard InChI is InChI=1S/C30H31N7O2/c31-28-27-26(35-29(36(27)15-14-33-28)22-8-9-23-10-11-25(38)37(23)17-22)19-4-6-20(7-5-19)30(39)34-24-16-21(12-13-32-24)18-2-1-3-18/h4-7,12-16,18,22-23H,1-3,8-11,17H2,(H2,31,33)(H,32,34,39). The number of aromatic nitrogens is 4. The molecular weight excluding hydrogens is 490 g/mol. The highest BCUT2D eigenvalue weighted by atomic mass is 16.2. The number of nitrogens with one attached hydrogen (secondary N) is 1. The number of nitrogens with zero attached hydrogens (tertiary/aromatic N) is 5. The molecule has 0 radical (unpaired) electrons. The normalized spacial score (nSPS) is 21.1. The molecule has 3 fully saturated rings. The summed E-state index contributed by atoms with van der Waals surface area (Å²) < 4.78 is 2.02. The van der Waals surface area contributed by atoms with Crippen molar-refractivity contribution in [1.82, 2.24) is 24.3 Å². The molecule has 7 rings (SSSR count). The molecule has 198 valence electrons. The van der Waals surface area contributed by atoms with Gasteiger partial charge in [-0.05, 0) is 67.9 Å². The van der Waals surface area contributed by atoms with Crippen LogP contribution in [-0.2, 0) is 4.79 Å². The van der Waals surface area contributed by atoms with Gasteiger partial charge in [0, 0.05) is 54.6 Å². The van der Waals surface area contributed by atoms with Crippen LogP contribution in [0.25, 0.3) is 16.8 Å². The molecule has 2 saturated heterocycles. The molecule has 3 aliphatic rings. The lowest BCUT2D eigenvalue weighted by Gasteiger charge is -2.34. The molecule has 2 unspecified atom stereocenters. The van der Waals surface area contributed by atoms with Gasteiger partial charge in [0.05, 0.1) is 0 Å². The van der Waals surface area contributed by atoms with Crippen molar-refractivity contribution < 1.29 is 9.59 Å². The highest BCUT2D eigenvalue weighted by Crippen LogP contribution is 2.38. The number of hydrogen-bond acceptors (Lipinski definition) is 6. The van der Waals surface area contributed by atoms with Gasteiger partial charge in [-0.1, -0.05) is 18.6 Å². The number of fused-ring (bicyclic) bond motifs is 2. The Balaban J connectivity index is 1.16. The summed E-state index contributed by atoms with van der Waals surface area (Å²) in [6.45, 7) is 0.680. The van der Waals surface area contributed by atoms with E-state index in [-0.39, 0.29) is 17.7 Å². The smallest absolute Gasteiger partial charge is 0.256 e. The zero-order chi connectivity index (χ0) is 26.5. The van der Waals surface area contributed by atoms with Crippen LogP contribution in [-0.4, -0.2) is 48.7 Å². The van der Waals surface area contributed by atoms with E-state index >= 15 is 0 Å². The molecule has 2 amide bonds. The third-order valence-corrected chi connectivity index (χ3v) is 8.72. The summed E-state index contributed by atoms with van der Waals surface area (Å²) in [5.74, 6) is 2.60. The van der Waals surface area contributed by atoms with E-state index in [1.165, 1.54) is 24.8 Å². The molecule has 2 atom stereocenters. The van der Waals surface area contributed by atoms with Crippen LogP contribution in [0.15, 0.2) is 55.0 Å². The number of anilines is 2. The highest BCUT2D eigenvalue weighted by molar-refractivity contribution is 6.04. The van der Waals surface area contributed by atoms with Crippen LogP contribution in [0, 0.1) is 0 Å². The monoisotopic (exact) mass is 521 g/mol. The Morgan fingerprint density at radius 1 is 0.974 bits per heavy atom. The molecule has 39 heavy (non-hydrogen) atoms. The third kappa shape index (κ3) is 4.22. The lowest BCUT2D eigenvalue weighted by molar-refractivity contribution is -0.130. The van der Waals surface area contributed by atoms with Crippen molar-refractivity contribution in [3.05, 3.63) is 71.9 Å². The van der Waals surface area contributed by atoms with E-state index in [0.717, 1.165) is 41.9 Å². The second-order valence-corrected chi connectivity index (χ2v) is 11.0. The molecular formula is C30H31N7O2. The number of imidazole rings is 1. The number of carbonyl (C=O) groups is 2. The number of nitrogens with two attached hydrogens (primary N) is 1. The van der Waals surface area contributed by atoms with Crippen molar-refractivity contribution in [2.24, 2.45) is 0 Å². The minimum Gasteiger partial charge on any atom is -0.382 e. The Morgan fingerprint density at radius 2 is 1.82 bits per heavy atom. The number of pyridine rings is 1. The molecule has 1 aromatic carbocycles. The van der Waals surface area contributed by atoms with E-state index < -0.39 is 0 Å². The van der Waals surface area contributed by atoms with Crippen molar-refractivity contribution in [1.29, 1.82) is 0 Å².